The third-order valence-electron chi connectivity index (χ3n) is 4.84. The Bertz CT molecular complexity index is 1380. The van der Waals surface area contributed by atoms with Gasteiger partial charge in [-0.3, -0.25) is 4.79 Å². The second-order valence-corrected chi connectivity index (χ2v) is 8.94. The van der Waals surface area contributed by atoms with Crippen molar-refractivity contribution in [1.82, 2.24) is 9.55 Å². The predicted molar refractivity (Wildman–Crippen MR) is 122 cm³/mol. The van der Waals surface area contributed by atoms with Crippen molar-refractivity contribution in [3.8, 4) is 16.9 Å². The zero-order valence-corrected chi connectivity index (χ0v) is 17.9. The van der Waals surface area contributed by atoms with Crippen LogP contribution in [-0.2, 0) is 10.0 Å². The molecular weight excluding hydrogens is 410 g/mol. The normalized spacial score (nSPS) is 11.3. The Morgan fingerprint density at radius 3 is 2.00 bits per heavy atom. The van der Waals surface area contributed by atoms with Gasteiger partial charge >= 0.3 is 0 Å². The molecule has 0 spiro atoms. The lowest BCUT2D eigenvalue weighted by Crippen LogP contribution is -2.26. The van der Waals surface area contributed by atoms with Gasteiger partial charge < -0.3 is 0 Å². The zero-order chi connectivity index (χ0) is 22.0. The number of sulfonamides is 1. The van der Waals surface area contributed by atoms with Crippen LogP contribution in [0.1, 0.15) is 11.1 Å². The maximum Gasteiger partial charge on any atom is 0.264 e. The summed E-state index contributed by atoms with van der Waals surface area (Å²) >= 11 is 0. The minimum absolute atomic E-state index is 0.0742. The van der Waals surface area contributed by atoms with Crippen molar-refractivity contribution in [1.29, 1.82) is 0 Å². The van der Waals surface area contributed by atoms with E-state index in [1.54, 1.807) is 36.4 Å². The van der Waals surface area contributed by atoms with E-state index in [0.29, 0.717) is 11.4 Å². The van der Waals surface area contributed by atoms with E-state index in [4.69, 9.17) is 0 Å². The van der Waals surface area contributed by atoms with Gasteiger partial charge in [0.05, 0.1) is 16.3 Å². The summed E-state index contributed by atoms with van der Waals surface area (Å²) in [5.41, 5.74) is 3.24. The number of hydrogen-bond acceptors (Lipinski definition) is 4. The van der Waals surface area contributed by atoms with Gasteiger partial charge in [0, 0.05) is 11.6 Å². The number of para-hydroxylation sites is 1. The second-order valence-electron chi connectivity index (χ2n) is 7.26. The summed E-state index contributed by atoms with van der Waals surface area (Å²) in [6.07, 6.45) is 0. The van der Waals surface area contributed by atoms with E-state index < -0.39 is 15.6 Å². The lowest BCUT2D eigenvalue weighted by Gasteiger charge is -2.15. The molecule has 4 aromatic rings. The number of nitrogens with zero attached hydrogens (tertiary/aromatic N) is 2. The van der Waals surface area contributed by atoms with Crippen molar-refractivity contribution in [3.63, 3.8) is 0 Å². The average molecular weight is 432 g/mol. The van der Waals surface area contributed by atoms with E-state index in [2.05, 4.69) is 9.71 Å². The van der Waals surface area contributed by atoms with Crippen LogP contribution >= 0.6 is 0 Å². The van der Waals surface area contributed by atoms with E-state index in [1.165, 1.54) is 22.8 Å². The number of benzene rings is 3. The van der Waals surface area contributed by atoms with E-state index in [0.717, 1.165) is 16.7 Å². The molecule has 0 radical (unpaired) electrons. The van der Waals surface area contributed by atoms with Crippen molar-refractivity contribution < 1.29 is 8.42 Å². The Labute approximate surface area is 180 Å². The largest absolute Gasteiger partial charge is 0.269 e. The minimum atomic E-state index is -3.96. The molecule has 1 heterocycles. The first-order valence-electron chi connectivity index (χ1n) is 9.69. The molecule has 31 heavy (non-hydrogen) atoms. The molecule has 3 aromatic carbocycles. The fourth-order valence-corrected chi connectivity index (χ4v) is 4.14. The summed E-state index contributed by atoms with van der Waals surface area (Å²) in [6, 6.07) is 24.2. The first-order valence-corrected chi connectivity index (χ1v) is 11.2. The fourth-order valence-electron chi connectivity index (χ4n) is 3.15. The van der Waals surface area contributed by atoms with Gasteiger partial charge in [-0.2, -0.15) is 0 Å². The third-order valence-corrected chi connectivity index (χ3v) is 6.18. The van der Waals surface area contributed by atoms with Crippen LogP contribution in [0.2, 0.25) is 0 Å². The maximum absolute atomic E-state index is 13.1. The number of aromatic nitrogens is 2. The molecule has 1 aromatic heterocycles. The van der Waals surface area contributed by atoms with Crippen LogP contribution in [0.4, 0.5) is 5.95 Å². The number of rotatable bonds is 5. The van der Waals surface area contributed by atoms with Crippen molar-refractivity contribution in [2.45, 2.75) is 18.7 Å². The molecule has 0 bridgehead atoms. The average Bonchev–Trinajstić information content (AvgIpc) is 2.74. The minimum Gasteiger partial charge on any atom is -0.269 e. The number of nitrogens with one attached hydrogen (secondary N) is 1. The number of hydrogen-bond donors (Lipinski definition) is 1. The van der Waals surface area contributed by atoms with Gasteiger partial charge in [0.1, 0.15) is 0 Å². The molecular formula is C24H21N3O3S. The van der Waals surface area contributed by atoms with E-state index in [-0.39, 0.29) is 10.8 Å². The highest BCUT2D eigenvalue weighted by Crippen LogP contribution is 2.22. The van der Waals surface area contributed by atoms with Crippen LogP contribution in [0.15, 0.2) is 94.6 Å². The monoisotopic (exact) mass is 431 g/mol. The summed E-state index contributed by atoms with van der Waals surface area (Å²) < 4.78 is 29.8. The lowest BCUT2D eigenvalue weighted by molar-refractivity contribution is 0.600. The van der Waals surface area contributed by atoms with Crippen LogP contribution in [0.3, 0.4) is 0 Å². The van der Waals surface area contributed by atoms with Crippen molar-refractivity contribution in [3.05, 3.63) is 106 Å². The van der Waals surface area contributed by atoms with Crippen LogP contribution in [-0.4, -0.2) is 18.0 Å². The van der Waals surface area contributed by atoms with Gasteiger partial charge in [-0.1, -0.05) is 65.7 Å². The summed E-state index contributed by atoms with van der Waals surface area (Å²) in [5.74, 6) is -0.0742. The molecule has 7 heteroatoms. The molecule has 4 rings (SSSR count). The standard InChI is InChI=1S/C24H21N3O3S/c1-17-8-12-19(13-9-17)22-16-23(28)27(20-6-4-3-5-7-20)24(25-22)26-31(29,30)21-14-10-18(2)11-15-21/h3-16H,1-2H3,(H,25,26). The molecule has 0 fully saturated rings. The SMILES string of the molecule is Cc1ccc(-c2cc(=O)n(-c3ccccc3)c(NS(=O)(=O)c3ccc(C)cc3)n2)cc1. The molecule has 6 nitrogen and oxygen atoms in total. The third kappa shape index (κ3) is 4.41. The Hall–Kier alpha value is -3.71. The first-order chi connectivity index (χ1) is 14.8. The number of anilines is 1. The molecule has 156 valence electrons. The second kappa shape index (κ2) is 8.20. The van der Waals surface area contributed by atoms with Crippen molar-refractivity contribution >= 4 is 16.0 Å². The molecule has 1 N–H and O–H groups in total. The smallest absolute Gasteiger partial charge is 0.264 e. The molecule has 0 aliphatic carbocycles. The van der Waals surface area contributed by atoms with E-state index in [9.17, 15) is 13.2 Å². The Kier molecular flexibility index (Phi) is 5.44. The fraction of sp³-hybridized carbons (Fsp3) is 0.0833. The van der Waals surface area contributed by atoms with Gasteiger partial charge in [-0.05, 0) is 38.1 Å². The Morgan fingerprint density at radius 2 is 1.39 bits per heavy atom. The molecule has 0 amide bonds. The van der Waals surface area contributed by atoms with Crippen LogP contribution in [0.5, 0.6) is 0 Å². The van der Waals surface area contributed by atoms with Crippen LogP contribution in [0, 0.1) is 13.8 Å². The lowest BCUT2D eigenvalue weighted by atomic mass is 10.1. The van der Waals surface area contributed by atoms with Crippen molar-refractivity contribution in [2.24, 2.45) is 0 Å². The number of aryl methyl sites for hydroxylation is 2. The van der Waals surface area contributed by atoms with E-state index >= 15 is 0 Å². The van der Waals surface area contributed by atoms with Crippen LogP contribution in [0.25, 0.3) is 16.9 Å². The Balaban J connectivity index is 1.88. The highest BCUT2D eigenvalue weighted by Gasteiger charge is 2.20. The van der Waals surface area contributed by atoms with Crippen molar-refractivity contribution in [2.75, 3.05) is 4.72 Å². The zero-order valence-electron chi connectivity index (χ0n) is 17.1. The molecule has 0 unspecified atom stereocenters. The highest BCUT2D eigenvalue weighted by atomic mass is 32.2. The summed E-state index contributed by atoms with van der Waals surface area (Å²) in [4.78, 5) is 17.7. The summed E-state index contributed by atoms with van der Waals surface area (Å²) in [7, 11) is -3.96. The highest BCUT2D eigenvalue weighted by molar-refractivity contribution is 7.92. The van der Waals surface area contributed by atoms with Gasteiger partial charge in [0.25, 0.3) is 15.6 Å². The van der Waals surface area contributed by atoms with Gasteiger partial charge in [0.15, 0.2) is 0 Å². The van der Waals surface area contributed by atoms with Gasteiger partial charge in [0.2, 0.25) is 5.95 Å². The topological polar surface area (TPSA) is 81.1 Å². The summed E-state index contributed by atoms with van der Waals surface area (Å²) in [6.45, 7) is 3.84. The molecule has 0 atom stereocenters. The molecule has 0 aliphatic heterocycles. The molecule has 0 aliphatic rings. The van der Waals surface area contributed by atoms with E-state index in [1.807, 2.05) is 44.2 Å². The quantitative estimate of drug-likeness (QED) is 0.510. The maximum atomic E-state index is 13.1. The predicted octanol–water partition coefficient (Wildman–Crippen LogP) is 4.32. The first kappa shape index (κ1) is 20.6. The van der Waals surface area contributed by atoms with Crippen LogP contribution < -0.4 is 10.3 Å². The van der Waals surface area contributed by atoms with Gasteiger partial charge in [-0.25, -0.2) is 22.7 Å². The Morgan fingerprint density at radius 1 is 0.806 bits per heavy atom. The molecule has 0 saturated carbocycles. The summed E-state index contributed by atoms with van der Waals surface area (Å²) in [5, 5.41) is 0. The molecule has 0 saturated heterocycles. The van der Waals surface area contributed by atoms with Gasteiger partial charge in [-0.15, -0.1) is 0 Å².